The molecule has 0 radical (unpaired) electrons. The van der Waals surface area contributed by atoms with Crippen LogP contribution in [-0.2, 0) is 17.9 Å². The Morgan fingerprint density at radius 1 is 1.40 bits per heavy atom. The summed E-state index contributed by atoms with van der Waals surface area (Å²) in [5, 5.41) is 0.498. The molecule has 2 heterocycles. The topological polar surface area (TPSA) is 59.2 Å². The molecular formula is C14H15N3OS2. The van der Waals surface area contributed by atoms with E-state index in [0.29, 0.717) is 18.2 Å². The van der Waals surface area contributed by atoms with Crippen LogP contribution in [0.5, 0.6) is 0 Å². The van der Waals surface area contributed by atoms with Gasteiger partial charge in [0.2, 0.25) is 5.91 Å². The van der Waals surface area contributed by atoms with Gasteiger partial charge in [-0.1, -0.05) is 18.2 Å². The monoisotopic (exact) mass is 305 g/mol. The average Bonchev–Trinajstić information content (AvgIpc) is 2.96. The van der Waals surface area contributed by atoms with Crippen molar-refractivity contribution in [2.24, 2.45) is 0 Å². The van der Waals surface area contributed by atoms with E-state index in [1.165, 1.54) is 11.3 Å². The van der Waals surface area contributed by atoms with Gasteiger partial charge in [-0.05, 0) is 19.1 Å². The fraction of sp³-hybridized carbons (Fsp3) is 0.286. The number of amides is 1. The van der Waals surface area contributed by atoms with Gasteiger partial charge in [-0.25, -0.2) is 4.98 Å². The highest BCUT2D eigenvalue weighted by molar-refractivity contribution is 8.00. The van der Waals surface area contributed by atoms with Gasteiger partial charge in [0.25, 0.3) is 0 Å². The third kappa shape index (κ3) is 2.66. The number of fused-ring (bicyclic) bond motifs is 1. The molecule has 1 aromatic carbocycles. The van der Waals surface area contributed by atoms with E-state index in [1.54, 1.807) is 11.8 Å². The number of nitrogen functional groups attached to an aromatic ring is 1. The van der Waals surface area contributed by atoms with Gasteiger partial charge in [-0.3, -0.25) is 4.79 Å². The molecule has 0 aliphatic carbocycles. The number of benzene rings is 1. The number of nitrogens with two attached hydrogens (primary N) is 1. The molecule has 1 amide bonds. The molecule has 104 valence electrons. The first-order chi connectivity index (χ1) is 9.63. The molecule has 0 saturated heterocycles. The van der Waals surface area contributed by atoms with Crippen LogP contribution in [0.1, 0.15) is 17.5 Å². The van der Waals surface area contributed by atoms with Crippen molar-refractivity contribution < 1.29 is 4.79 Å². The third-order valence-electron chi connectivity index (χ3n) is 3.19. The zero-order valence-electron chi connectivity index (χ0n) is 11.1. The molecule has 1 atom stereocenters. The number of nitrogens with zero attached hydrogens (tertiary/aromatic N) is 2. The Morgan fingerprint density at radius 3 is 2.85 bits per heavy atom. The van der Waals surface area contributed by atoms with Crippen LogP contribution in [0, 0.1) is 0 Å². The summed E-state index contributed by atoms with van der Waals surface area (Å²) in [5.74, 6) is 0.155. The van der Waals surface area contributed by atoms with Gasteiger partial charge >= 0.3 is 0 Å². The minimum Gasteiger partial charge on any atom is -0.375 e. The summed E-state index contributed by atoms with van der Waals surface area (Å²) in [6, 6.07) is 10.00. The highest BCUT2D eigenvalue weighted by Gasteiger charge is 2.29. The predicted octanol–water partition coefficient (Wildman–Crippen LogP) is 2.75. The third-order valence-corrected chi connectivity index (χ3v) is 5.20. The van der Waals surface area contributed by atoms with Gasteiger partial charge in [0.05, 0.1) is 28.9 Å². The first-order valence-electron chi connectivity index (χ1n) is 6.38. The molecule has 3 rings (SSSR count). The maximum atomic E-state index is 12.5. The van der Waals surface area contributed by atoms with Gasteiger partial charge in [0, 0.05) is 4.90 Å². The first-order valence-corrected chi connectivity index (χ1v) is 8.07. The molecule has 6 heteroatoms. The molecule has 1 aliphatic rings. The lowest BCUT2D eigenvalue weighted by atomic mass is 10.4. The maximum absolute atomic E-state index is 12.5. The number of hydrogen-bond acceptors (Lipinski definition) is 5. The minimum atomic E-state index is -0.0937. The van der Waals surface area contributed by atoms with Crippen molar-refractivity contribution in [3.05, 3.63) is 40.9 Å². The molecule has 0 fully saturated rings. The predicted molar refractivity (Wildman–Crippen MR) is 82.5 cm³/mol. The van der Waals surface area contributed by atoms with Crippen LogP contribution < -0.4 is 5.73 Å². The Bertz CT molecular complexity index is 603. The first kappa shape index (κ1) is 13.5. The van der Waals surface area contributed by atoms with E-state index in [2.05, 4.69) is 4.98 Å². The quantitative estimate of drug-likeness (QED) is 0.886. The molecule has 2 N–H and O–H groups in total. The van der Waals surface area contributed by atoms with Crippen LogP contribution in [0.25, 0.3) is 0 Å². The number of anilines is 1. The highest BCUT2D eigenvalue weighted by Crippen LogP contribution is 2.32. The Kier molecular flexibility index (Phi) is 3.67. The largest absolute Gasteiger partial charge is 0.375 e. The Balaban J connectivity index is 1.64. The zero-order chi connectivity index (χ0) is 14.1. The Morgan fingerprint density at radius 2 is 2.15 bits per heavy atom. The highest BCUT2D eigenvalue weighted by atomic mass is 32.2. The summed E-state index contributed by atoms with van der Waals surface area (Å²) >= 11 is 3.07. The zero-order valence-corrected chi connectivity index (χ0v) is 12.7. The molecular weight excluding hydrogens is 290 g/mol. The number of carbonyl (C=O) groups excluding carboxylic acids is 1. The van der Waals surface area contributed by atoms with E-state index >= 15 is 0 Å². The molecule has 20 heavy (non-hydrogen) atoms. The van der Waals surface area contributed by atoms with Crippen molar-refractivity contribution in [3.63, 3.8) is 0 Å². The lowest BCUT2D eigenvalue weighted by Gasteiger charge is -2.20. The second-order valence-electron chi connectivity index (χ2n) is 4.69. The van der Waals surface area contributed by atoms with Gasteiger partial charge in [0.15, 0.2) is 5.13 Å². The Hall–Kier alpha value is -1.53. The average molecular weight is 305 g/mol. The van der Waals surface area contributed by atoms with Gasteiger partial charge in [0.1, 0.15) is 0 Å². The fourth-order valence-electron chi connectivity index (χ4n) is 2.23. The van der Waals surface area contributed by atoms with Crippen molar-refractivity contribution in [1.82, 2.24) is 9.88 Å². The minimum absolute atomic E-state index is 0.0937. The van der Waals surface area contributed by atoms with Crippen LogP contribution in [-0.4, -0.2) is 21.0 Å². The summed E-state index contributed by atoms with van der Waals surface area (Å²) in [6.45, 7) is 3.18. The van der Waals surface area contributed by atoms with Crippen molar-refractivity contribution in [1.29, 1.82) is 0 Å². The van der Waals surface area contributed by atoms with Crippen LogP contribution in [0.4, 0.5) is 5.13 Å². The van der Waals surface area contributed by atoms with E-state index in [-0.39, 0.29) is 11.2 Å². The van der Waals surface area contributed by atoms with Gasteiger partial charge in [-0.15, -0.1) is 23.1 Å². The number of thiazole rings is 1. The molecule has 0 saturated carbocycles. The molecule has 4 nitrogen and oxygen atoms in total. The molecule has 0 spiro atoms. The summed E-state index contributed by atoms with van der Waals surface area (Å²) in [6.07, 6.45) is 0. The normalized spacial score (nSPS) is 15.2. The molecule has 1 aromatic heterocycles. The van der Waals surface area contributed by atoms with Crippen molar-refractivity contribution in [3.8, 4) is 0 Å². The Labute approximate surface area is 126 Å². The second-order valence-corrected chi connectivity index (χ2v) is 7.22. The molecule has 1 aliphatic heterocycles. The smallest absolute Gasteiger partial charge is 0.236 e. The second kappa shape index (κ2) is 5.46. The molecule has 2 aromatic rings. The van der Waals surface area contributed by atoms with E-state index in [1.807, 2.05) is 42.2 Å². The number of thioether (sulfide) groups is 1. The van der Waals surface area contributed by atoms with Crippen LogP contribution >= 0.6 is 23.1 Å². The van der Waals surface area contributed by atoms with E-state index in [0.717, 1.165) is 15.5 Å². The number of aromatic nitrogens is 1. The van der Waals surface area contributed by atoms with Crippen LogP contribution in [0.15, 0.2) is 35.2 Å². The van der Waals surface area contributed by atoms with E-state index < -0.39 is 0 Å². The van der Waals surface area contributed by atoms with Gasteiger partial charge < -0.3 is 10.6 Å². The van der Waals surface area contributed by atoms with Crippen molar-refractivity contribution >= 4 is 34.1 Å². The van der Waals surface area contributed by atoms with E-state index in [9.17, 15) is 4.79 Å². The lowest BCUT2D eigenvalue weighted by molar-refractivity contribution is -0.130. The summed E-state index contributed by atoms with van der Waals surface area (Å²) in [7, 11) is 0. The lowest BCUT2D eigenvalue weighted by Crippen LogP contribution is -2.32. The standard InChI is InChI=1S/C14H15N3OS2/c1-9(19-10-5-3-2-4-6-10)13(18)17-7-11-12(8-17)20-14(15)16-11/h2-6,9H,7-8H2,1H3,(H2,15,16). The fourth-order valence-corrected chi connectivity index (χ4v) is 4.06. The maximum Gasteiger partial charge on any atom is 0.236 e. The molecule has 0 bridgehead atoms. The number of hydrogen-bond donors (Lipinski definition) is 1. The summed E-state index contributed by atoms with van der Waals surface area (Å²) < 4.78 is 0. The van der Waals surface area contributed by atoms with E-state index in [4.69, 9.17) is 5.73 Å². The van der Waals surface area contributed by atoms with Crippen molar-refractivity contribution in [2.75, 3.05) is 5.73 Å². The summed E-state index contributed by atoms with van der Waals surface area (Å²) in [5.41, 5.74) is 6.63. The van der Waals surface area contributed by atoms with Crippen molar-refractivity contribution in [2.45, 2.75) is 30.2 Å². The van der Waals surface area contributed by atoms with Gasteiger partial charge in [-0.2, -0.15) is 0 Å². The number of rotatable bonds is 3. The van der Waals surface area contributed by atoms with Crippen LogP contribution in [0.3, 0.4) is 0 Å². The van der Waals surface area contributed by atoms with Crippen LogP contribution in [0.2, 0.25) is 0 Å². The number of carbonyl (C=O) groups is 1. The summed E-state index contributed by atoms with van der Waals surface area (Å²) in [4.78, 5) is 20.8. The molecule has 1 unspecified atom stereocenters. The SMILES string of the molecule is CC(Sc1ccccc1)C(=O)N1Cc2nc(N)sc2C1.